The van der Waals surface area contributed by atoms with Crippen molar-refractivity contribution in [2.45, 2.75) is 51.9 Å². The first-order valence-electron chi connectivity index (χ1n) is 9.31. The van der Waals surface area contributed by atoms with Crippen molar-refractivity contribution >= 4 is 6.09 Å². The lowest BCUT2D eigenvalue weighted by molar-refractivity contribution is -0.138. The summed E-state index contributed by atoms with van der Waals surface area (Å²) >= 11 is 0. The minimum absolute atomic E-state index is 0.0254. The summed E-state index contributed by atoms with van der Waals surface area (Å²) < 4.78 is 60.1. The van der Waals surface area contributed by atoms with Crippen molar-refractivity contribution in [1.82, 2.24) is 14.5 Å². The van der Waals surface area contributed by atoms with E-state index >= 15 is 0 Å². The number of carbonyl (C=O) groups excluding carboxylic acids is 1. The molecule has 3 rings (SSSR count). The zero-order valence-electron chi connectivity index (χ0n) is 16.5. The van der Waals surface area contributed by atoms with Crippen LogP contribution in [0, 0.1) is 5.82 Å². The Balaban J connectivity index is 1.73. The molecular weight excluding hydrogens is 390 g/mol. The number of rotatable bonds is 2. The van der Waals surface area contributed by atoms with Crippen molar-refractivity contribution in [3.8, 4) is 0 Å². The first-order valence-corrected chi connectivity index (χ1v) is 9.31. The highest BCUT2D eigenvalue weighted by Crippen LogP contribution is 2.33. The van der Waals surface area contributed by atoms with Crippen molar-refractivity contribution in [1.29, 1.82) is 0 Å². The molecule has 0 spiro atoms. The number of halogens is 4. The Morgan fingerprint density at radius 1 is 1.17 bits per heavy atom. The van der Waals surface area contributed by atoms with Crippen LogP contribution in [-0.2, 0) is 30.3 Å². The number of carbonyl (C=O) groups is 1. The standard InChI is InChI=1S/C20H23F4N3O2/c1-19(2,3)29-18(28)26-7-6-17-25-15(12-27(17)9-8-26)10-13-4-5-14(21)11-16(13)20(22,23)24/h4-5,11-12H,6-10H2,1-3H3. The normalized spacial score (nSPS) is 15.1. The van der Waals surface area contributed by atoms with Gasteiger partial charge in [0.25, 0.3) is 0 Å². The molecule has 0 bridgehead atoms. The number of imidazole rings is 1. The molecule has 1 aromatic carbocycles. The van der Waals surface area contributed by atoms with Gasteiger partial charge in [-0.3, -0.25) is 0 Å². The maximum absolute atomic E-state index is 13.3. The van der Waals surface area contributed by atoms with Gasteiger partial charge in [0.2, 0.25) is 0 Å². The number of benzene rings is 1. The Labute approximate surface area is 166 Å². The summed E-state index contributed by atoms with van der Waals surface area (Å²) in [5, 5.41) is 0. The summed E-state index contributed by atoms with van der Waals surface area (Å²) in [7, 11) is 0. The van der Waals surface area contributed by atoms with Crippen molar-refractivity contribution < 1.29 is 27.1 Å². The van der Waals surface area contributed by atoms with E-state index in [-0.39, 0.29) is 12.0 Å². The molecule has 0 N–H and O–H groups in total. The molecule has 158 valence electrons. The first kappa shape index (κ1) is 21.1. The van der Waals surface area contributed by atoms with E-state index in [1.165, 1.54) is 0 Å². The van der Waals surface area contributed by atoms with Crippen molar-refractivity contribution in [3.63, 3.8) is 0 Å². The number of nitrogens with zero attached hydrogens (tertiary/aromatic N) is 3. The van der Waals surface area contributed by atoms with Gasteiger partial charge in [-0.2, -0.15) is 13.2 Å². The number of amides is 1. The van der Waals surface area contributed by atoms with Crippen molar-refractivity contribution in [2.24, 2.45) is 0 Å². The van der Waals surface area contributed by atoms with E-state index in [1.54, 1.807) is 31.9 Å². The number of alkyl halides is 3. The Morgan fingerprint density at radius 2 is 1.90 bits per heavy atom. The van der Waals surface area contributed by atoms with Crippen LogP contribution in [0.15, 0.2) is 24.4 Å². The Morgan fingerprint density at radius 3 is 2.55 bits per heavy atom. The van der Waals surface area contributed by atoms with Gasteiger partial charge >= 0.3 is 12.3 Å². The second-order valence-electron chi connectivity index (χ2n) is 8.04. The van der Waals surface area contributed by atoms with Crippen LogP contribution in [0.5, 0.6) is 0 Å². The highest BCUT2D eigenvalue weighted by molar-refractivity contribution is 5.68. The van der Waals surface area contributed by atoms with Gasteiger partial charge in [0.15, 0.2) is 0 Å². The summed E-state index contributed by atoms with van der Waals surface area (Å²) in [4.78, 5) is 18.3. The average molecular weight is 413 g/mol. The number of ether oxygens (including phenoxy) is 1. The van der Waals surface area contributed by atoms with Crippen LogP contribution in [0.25, 0.3) is 0 Å². The number of aromatic nitrogens is 2. The molecule has 29 heavy (non-hydrogen) atoms. The van der Waals surface area contributed by atoms with Gasteiger partial charge in [0.05, 0.1) is 11.3 Å². The Kier molecular flexibility index (Phi) is 5.60. The van der Waals surface area contributed by atoms with Crippen molar-refractivity contribution in [2.75, 3.05) is 13.1 Å². The average Bonchev–Trinajstić information content (AvgIpc) is 2.85. The van der Waals surface area contributed by atoms with Crippen LogP contribution in [0.1, 0.15) is 43.4 Å². The monoisotopic (exact) mass is 413 g/mol. The summed E-state index contributed by atoms with van der Waals surface area (Å²) in [6.45, 7) is 6.69. The van der Waals surface area contributed by atoms with E-state index in [0.717, 1.165) is 12.1 Å². The van der Waals surface area contributed by atoms with Crippen LogP contribution in [-0.4, -0.2) is 39.2 Å². The number of hydrogen-bond acceptors (Lipinski definition) is 3. The van der Waals surface area contributed by atoms with E-state index < -0.39 is 29.3 Å². The maximum Gasteiger partial charge on any atom is 0.416 e. The van der Waals surface area contributed by atoms with Gasteiger partial charge in [0, 0.05) is 38.7 Å². The summed E-state index contributed by atoms with van der Waals surface area (Å²) in [6, 6.07) is 2.67. The second-order valence-corrected chi connectivity index (χ2v) is 8.04. The second kappa shape index (κ2) is 7.68. The third kappa shape index (κ3) is 5.27. The molecule has 1 aliphatic rings. The summed E-state index contributed by atoms with van der Waals surface area (Å²) in [6.07, 6.45) is -2.93. The lowest BCUT2D eigenvalue weighted by atomic mass is 10.0. The van der Waals surface area contributed by atoms with Gasteiger partial charge in [-0.1, -0.05) is 6.07 Å². The van der Waals surface area contributed by atoms with Crippen LogP contribution in [0.2, 0.25) is 0 Å². The maximum atomic E-state index is 13.3. The molecule has 0 atom stereocenters. The third-order valence-corrected chi connectivity index (χ3v) is 4.53. The third-order valence-electron chi connectivity index (χ3n) is 4.53. The zero-order chi connectivity index (χ0) is 21.4. The SMILES string of the molecule is CC(C)(C)OC(=O)N1CCc2nc(Cc3ccc(F)cc3C(F)(F)F)cn2CC1. The van der Waals surface area contributed by atoms with Gasteiger partial charge in [-0.15, -0.1) is 0 Å². The molecule has 0 saturated carbocycles. The summed E-state index contributed by atoms with van der Waals surface area (Å²) in [5.41, 5.74) is -1.13. The Hall–Kier alpha value is -2.58. The molecule has 1 aliphatic heterocycles. The lowest BCUT2D eigenvalue weighted by Crippen LogP contribution is -2.38. The number of fused-ring (bicyclic) bond motifs is 1. The molecule has 2 heterocycles. The molecule has 0 unspecified atom stereocenters. The molecule has 0 fully saturated rings. The fourth-order valence-corrected chi connectivity index (χ4v) is 3.24. The molecule has 9 heteroatoms. The molecule has 1 aromatic heterocycles. The van der Waals surface area contributed by atoms with E-state index in [0.29, 0.717) is 43.6 Å². The zero-order valence-corrected chi connectivity index (χ0v) is 16.5. The van der Waals surface area contributed by atoms with Gasteiger partial charge in [0.1, 0.15) is 17.2 Å². The largest absolute Gasteiger partial charge is 0.444 e. The molecule has 0 radical (unpaired) electrons. The van der Waals surface area contributed by atoms with E-state index in [4.69, 9.17) is 4.74 Å². The smallest absolute Gasteiger partial charge is 0.416 e. The molecule has 2 aromatic rings. The van der Waals surface area contributed by atoms with Crippen LogP contribution in [0.3, 0.4) is 0 Å². The first-order chi connectivity index (χ1) is 13.4. The lowest BCUT2D eigenvalue weighted by Gasteiger charge is -2.26. The highest BCUT2D eigenvalue weighted by Gasteiger charge is 2.34. The van der Waals surface area contributed by atoms with Gasteiger partial charge in [-0.25, -0.2) is 14.2 Å². The van der Waals surface area contributed by atoms with E-state index in [2.05, 4.69) is 4.98 Å². The molecular formula is C20H23F4N3O2. The molecule has 0 saturated heterocycles. The van der Waals surface area contributed by atoms with Crippen LogP contribution in [0.4, 0.5) is 22.4 Å². The van der Waals surface area contributed by atoms with E-state index in [9.17, 15) is 22.4 Å². The van der Waals surface area contributed by atoms with E-state index in [1.807, 2.05) is 4.57 Å². The molecule has 5 nitrogen and oxygen atoms in total. The number of hydrogen-bond donors (Lipinski definition) is 0. The van der Waals surface area contributed by atoms with Gasteiger partial charge in [-0.05, 0) is 38.5 Å². The summed E-state index contributed by atoms with van der Waals surface area (Å²) in [5.74, 6) is -0.231. The predicted octanol–water partition coefficient (Wildman–Crippen LogP) is 4.43. The fraction of sp³-hybridized carbons (Fsp3) is 0.500. The predicted molar refractivity (Wildman–Crippen MR) is 97.9 cm³/mol. The molecule has 0 aliphatic carbocycles. The highest BCUT2D eigenvalue weighted by atomic mass is 19.4. The van der Waals surface area contributed by atoms with Crippen molar-refractivity contribution in [3.05, 3.63) is 52.9 Å². The Bertz CT molecular complexity index is 875. The van der Waals surface area contributed by atoms with Gasteiger partial charge < -0.3 is 14.2 Å². The molecule has 1 amide bonds. The van der Waals surface area contributed by atoms with Crippen LogP contribution >= 0.6 is 0 Å². The fourth-order valence-electron chi connectivity index (χ4n) is 3.24. The quantitative estimate of drug-likeness (QED) is 0.685. The topological polar surface area (TPSA) is 47.4 Å². The van der Waals surface area contributed by atoms with Crippen LogP contribution < -0.4 is 0 Å². The minimum atomic E-state index is -4.64. The minimum Gasteiger partial charge on any atom is -0.444 e.